The number of hydrogen-bond donors (Lipinski definition) is 2. The third-order valence-corrected chi connectivity index (χ3v) is 3.98. The van der Waals surface area contributed by atoms with E-state index in [2.05, 4.69) is 25.6 Å². The van der Waals surface area contributed by atoms with Crippen molar-refractivity contribution < 1.29 is 14.3 Å². The van der Waals surface area contributed by atoms with Gasteiger partial charge >= 0.3 is 0 Å². The largest absolute Gasteiger partial charge is 0.497 e. The first-order chi connectivity index (χ1) is 14.1. The standard InChI is InChI=1S/C21H23N5O3/c1-15-25-19(12-20(26-15)24-14-16-4-3-9-22-13-16)21(27)23-10-11-29-18-7-5-17(28-2)6-8-18/h3-9,12-13H,10-11,14H2,1-2H3,(H,23,27)(H,24,25,26). The molecule has 0 aliphatic rings. The van der Waals surface area contributed by atoms with Gasteiger partial charge in [-0.2, -0.15) is 0 Å². The molecule has 0 saturated carbocycles. The zero-order valence-corrected chi connectivity index (χ0v) is 16.4. The number of carbonyl (C=O) groups excluding carboxylic acids is 1. The first-order valence-corrected chi connectivity index (χ1v) is 9.17. The number of rotatable bonds is 9. The number of nitrogens with zero attached hydrogens (tertiary/aromatic N) is 3. The van der Waals surface area contributed by atoms with Crippen LogP contribution < -0.4 is 20.1 Å². The molecule has 0 aliphatic carbocycles. The number of carbonyl (C=O) groups is 1. The molecule has 0 bridgehead atoms. The molecule has 8 heteroatoms. The van der Waals surface area contributed by atoms with Crippen LogP contribution in [-0.4, -0.2) is 41.1 Å². The van der Waals surface area contributed by atoms with E-state index in [1.165, 1.54) is 0 Å². The minimum atomic E-state index is -0.279. The van der Waals surface area contributed by atoms with Crippen molar-refractivity contribution in [3.63, 3.8) is 0 Å². The van der Waals surface area contributed by atoms with Crippen LogP contribution in [0.3, 0.4) is 0 Å². The van der Waals surface area contributed by atoms with Crippen LogP contribution in [0.5, 0.6) is 11.5 Å². The Kier molecular flexibility index (Phi) is 6.94. The highest BCUT2D eigenvalue weighted by Gasteiger charge is 2.10. The predicted octanol–water partition coefficient (Wildman–Crippen LogP) is 2.61. The van der Waals surface area contributed by atoms with Crippen LogP contribution in [0.2, 0.25) is 0 Å². The van der Waals surface area contributed by atoms with Crippen LogP contribution in [0.25, 0.3) is 0 Å². The number of nitrogens with one attached hydrogen (secondary N) is 2. The highest BCUT2D eigenvalue weighted by Crippen LogP contribution is 2.16. The number of hydrogen-bond acceptors (Lipinski definition) is 7. The smallest absolute Gasteiger partial charge is 0.270 e. The van der Waals surface area contributed by atoms with Crippen molar-refractivity contribution in [2.24, 2.45) is 0 Å². The molecule has 1 amide bonds. The van der Waals surface area contributed by atoms with E-state index in [9.17, 15) is 4.79 Å². The van der Waals surface area contributed by atoms with Gasteiger partial charge in [-0.3, -0.25) is 9.78 Å². The average Bonchev–Trinajstić information content (AvgIpc) is 2.76. The molecule has 1 aromatic carbocycles. The summed E-state index contributed by atoms with van der Waals surface area (Å²) in [5, 5.41) is 5.99. The van der Waals surface area contributed by atoms with Gasteiger partial charge in [-0.1, -0.05) is 6.07 Å². The van der Waals surface area contributed by atoms with E-state index < -0.39 is 0 Å². The molecule has 3 aromatic rings. The van der Waals surface area contributed by atoms with Gasteiger partial charge in [0.25, 0.3) is 5.91 Å². The van der Waals surface area contributed by atoms with Crippen LogP contribution in [0, 0.1) is 6.92 Å². The number of benzene rings is 1. The third-order valence-electron chi connectivity index (χ3n) is 3.98. The van der Waals surface area contributed by atoms with Crippen LogP contribution in [0.15, 0.2) is 54.9 Å². The zero-order chi connectivity index (χ0) is 20.5. The number of methoxy groups -OCH3 is 1. The van der Waals surface area contributed by atoms with Crippen molar-refractivity contribution in [3.05, 3.63) is 71.9 Å². The van der Waals surface area contributed by atoms with E-state index in [1.807, 2.05) is 36.4 Å². The third kappa shape index (κ3) is 6.17. The molecule has 2 heterocycles. The first kappa shape index (κ1) is 20.1. The summed E-state index contributed by atoms with van der Waals surface area (Å²) < 4.78 is 10.7. The summed E-state index contributed by atoms with van der Waals surface area (Å²) in [5.74, 6) is 2.29. The van der Waals surface area contributed by atoms with Gasteiger partial charge < -0.3 is 20.1 Å². The van der Waals surface area contributed by atoms with Crippen LogP contribution >= 0.6 is 0 Å². The maximum absolute atomic E-state index is 12.4. The fourth-order valence-corrected chi connectivity index (χ4v) is 2.57. The summed E-state index contributed by atoms with van der Waals surface area (Å²) in [4.78, 5) is 25.0. The minimum absolute atomic E-state index is 0.279. The number of amides is 1. The second kappa shape index (κ2) is 10.0. The molecule has 29 heavy (non-hydrogen) atoms. The zero-order valence-electron chi connectivity index (χ0n) is 16.4. The van der Waals surface area contributed by atoms with Gasteiger partial charge in [0.15, 0.2) is 0 Å². The first-order valence-electron chi connectivity index (χ1n) is 9.17. The lowest BCUT2D eigenvalue weighted by Gasteiger charge is -2.10. The Morgan fingerprint density at radius 2 is 1.90 bits per heavy atom. The normalized spacial score (nSPS) is 10.3. The monoisotopic (exact) mass is 393 g/mol. The van der Waals surface area contributed by atoms with Crippen molar-refractivity contribution in [2.45, 2.75) is 13.5 Å². The fraction of sp³-hybridized carbons (Fsp3) is 0.238. The SMILES string of the molecule is COc1ccc(OCCNC(=O)c2cc(NCc3cccnc3)nc(C)n2)cc1. The van der Waals surface area contributed by atoms with E-state index in [1.54, 1.807) is 32.5 Å². The van der Waals surface area contributed by atoms with Crippen molar-refractivity contribution >= 4 is 11.7 Å². The lowest BCUT2D eigenvalue weighted by atomic mass is 10.3. The van der Waals surface area contributed by atoms with Gasteiger partial charge in [0.1, 0.15) is 35.4 Å². The van der Waals surface area contributed by atoms with E-state index in [-0.39, 0.29) is 5.91 Å². The van der Waals surface area contributed by atoms with Gasteiger partial charge in [-0.15, -0.1) is 0 Å². The van der Waals surface area contributed by atoms with Crippen LogP contribution in [0.1, 0.15) is 21.9 Å². The Labute approximate surface area is 169 Å². The maximum Gasteiger partial charge on any atom is 0.270 e. The molecule has 8 nitrogen and oxygen atoms in total. The molecule has 0 spiro atoms. The summed E-state index contributed by atoms with van der Waals surface area (Å²) in [6, 6.07) is 12.7. The van der Waals surface area contributed by atoms with Gasteiger partial charge in [-0.05, 0) is 42.8 Å². The predicted molar refractivity (Wildman–Crippen MR) is 109 cm³/mol. The van der Waals surface area contributed by atoms with Gasteiger partial charge in [0.2, 0.25) is 0 Å². The average molecular weight is 393 g/mol. The number of pyridine rings is 1. The van der Waals surface area contributed by atoms with Crippen molar-refractivity contribution in [1.82, 2.24) is 20.3 Å². The Bertz CT molecular complexity index is 933. The Hall–Kier alpha value is -3.68. The van der Waals surface area contributed by atoms with E-state index in [0.717, 1.165) is 11.3 Å². The molecule has 2 aromatic heterocycles. The second-order valence-corrected chi connectivity index (χ2v) is 6.18. The maximum atomic E-state index is 12.4. The Balaban J connectivity index is 1.49. The number of anilines is 1. The highest BCUT2D eigenvalue weighted by atomic mass is 16.5. The molecule has 0 atom stereocenters. The summed E-state index contributed by atoms with van der Waals surface area (Å²) in [6.07, 6.45) is 3.50. The van der Waals surface area contributed by atoms with Crippen molar-refractivity contribution in [3.8, 4) is 11.5 Å². The van der Waals surface area contributed by atoms with Crippen molar-refractivity contribution in [1.29, 1.82) is 0 Å². The molecule has 0 radical (unpaired) electrons. The topological polar surface area (TPSA) is 98.3 Å². The quantitative estimate of drug-likeness (QED) is 0.539. The van der Waals surface area contributed by atoms with Gasteiger partial charge in [-0.25, -0.2) is 9.97 Å². The van der Waals surface area contributed by atoms with Gasteiger partial charge in [0.05, 0.1) is 13.7 Å². The highest BCUT2D eigenvalue weighted by molar-refractivity contribution is 5.92. The van der Waals surface area contributed by atoms with Crippen molar-refractivity contribution in [2.75, 3.05) is 25.6 Å². The summed E-state index contributed by atoms with van der Waals surface area (Å²) >= 11 is 0. The molecule has 3 rings (SSSR count). The Morgan fingerprint density at radius 1 is 1.10 bits per heavy atom. The second-order valence-electron chi connectivity index (χ2n) is 6.18. The van der Waals surface area contributed by atoms with E-state index in [0.29, 0.717) is 42.8 Å². The van der Waals surface area contributed by atoms with E-state index >= 15 is 0 Å². The Morgan fingerprint density at radius 3 is 2.62 bits per heavy atom. The molecule has 0 unspecified atom stereocenters. The van der Waals surface area contributed by atoms with Crippen LogP contribution in [-0.2, 0) is 6.54 Å². The molecular weight excluding hydrogens is 370 g/mol. The van der Waals surface area contributed by atoms with Crippen LogP contribution in [0.4, 0.5) is 5.82 Å². The van der Waals surface area contributed by atoms with E-state index in [4.69, 9.17) is 9.47 Å². The summed E-state index contributed by atoms with van der Waals surface area (Å²) in [7, 11) is 1.61. The lowest BCUT2D eigenvalue weighted by molar-refractivity contribution is 0.0941. The summed E-state index contributed by atoms with van der Waals surface area (Å²) in [6.45, 7) is 3.00. The lowest BCUT2D eigenvalue weighted by Crippen LogP contribution is -2.29. The summed E-state index contributed by atoms with van der Waals surface area (Å²) in [5.41, 5.74) is 1.32. The molecule has 150 valence electrons. The molecule has 0 fully saturated rings. The molecule has 0 aliphatic heterocycles. The molecule has 2 N–H and O–H groups in total. The molecular formula is C21H23N5O3. The minimum Gasteiger partial charge on any atom is -0.497 e. The fourth-order valence-electron chi connectivity index (χ4n) is 2.57. The number of aryl methyl sites for hydroxylation is 1. The van der Waals surface area contributed by atoms with Gasteiger partial charge in [0, 0.05) is 25.0 Å². The molecule has 0 saturated heterocycles. The number of aromatic nitrogens is 3. The number of ether oxygens (including phenoxy) is 2.